The van der Waals surface area contributed by atoms with E-state index in [1.54, 1.807) is 7.05 Å². The Bertz CT molecular complexity index is 417. The summed E-state index contributed by atoms with van der Waals surface area (Å²) in [7, 11) is 1.59. The number of amides is 1. The van der Waals surface area contributed by atoms with Crippen molar-refractivity contribution in [2.75, 3.05) is 26.7 Å². The van der Waals surface area contributed by atoms with E-state index in [-0.39, 0.29) is 11.6 Å². The number of carboxylic acid groups (broad SMARTS) is 1. The maximum Gasteiger partial charge on any atom is 0.358 e. The van der Waals surface area contributed by atoms with Gasteiger partial charge in [-0.2, -0.15) is 0 Å². The van der Waals surface area contributed by atoms with Crippen molar-refractivity contribution in [3.63, 3.8) is 0 Å². The number of rotatable bonds is 7. The average Bonchev–Trinajstić information content (AvgIpc) is 2.83. The fraction of sp³-hybridized carbons (Fsp3) is 0.600. The van der Waals surface area contributed by atoms with Gasteiger partial charge in [0.2, 0.25) is 5.91 Å². The van der Waals surface area contributed by atoms with Crippen LogP contribution in [-0.2, 0) is 11.3 Å². The van der Waals surface area contributed by atoms with Gasteiger partial charge in [-0.25, -0.2) is 4.79 Å². The molecule has 1 amide bonds. The molecule has 0 saturated carbocycles. The van der Waals surface area contributed by atoms with Crippen molar-refractivity contribution in [3.05, 3.63) is 11.9 Å². The summed E-state index contributed by atoms with van der Waals surface area (Å²) in [5, 5.41) is 18.5. The highest BCUT2D eigenvalue weighted by molar-refractivity contribution is 5.84. The second kappa shape index (κ2) is 6.70. The number of likely N-dealkylation sites (N-methyl/N-ethyl adjacent to an activating group) is 2. The van der Waals surface area contributed by atoms with Crippen LogP contribution < -0.4 is 5.32 Å². The quantitative estimate of drug-likeness (QED) is 0.651. The summed E-state index contributed by atoms with van der Waals surface area (Å²) >= 11 is 0. The smallest absolute Gasteiger partial charge is 0.358 e. The summed E-state index contributed by atoms with van der Waals surface area (Å²) in [6.07, 6.45) is 1.37. The number of carbonyl (C=O) groups excluding carboxylic acids is 1. The number of carbonyl (C=O) groups is 2. The third-order valence-corrected chi connectivity index (χ3v) is 2.50. The van der Waals surface area contributed by atoms with Gasteiger partial charge in [0.05, 0.1) is 19.3 Å². The lowest BCUT2D eigenvalue weighted by Crippen LogP contribution is -2.37. The first kappa shape index (κ1) is 14.1. The first-order valence-corrected chi connectivity index (χ1v) is 5.63. The molecule has 0 aromatic carbocycles. The van der Waals surface area contributed by atoms with E-state index in [9.17, 15) is 9.59 Å². The van der Waals surface area contributed by atoms with Gasteiger partial charge >= 0.3 is 5.97 Å². The SMILES string of the molecule is CCN(CCn1cc(C(=O)O)nn1)CC(=O)NC. The van der Waals surface area contributed by atoms with Gasteiger partial charge < -0.3 is 10.4 Å². The Labute approximate surface area is 105 Å². The first-order valence-electron chi connectivity index (χ1n) is 5.63. The Hall–Kier alpha value is -1.96. The van der Waals surface area contributed by atoms with E-state index in [4.69, 9.17) is 5.11 Å². The lowest BCUT2D eigenvalue weighted by molar-refractivity contribution is -0.121. The molecule has 2 N–H and O–H groups in total. The fourth-order valence-electron chi connectivity index (χ4n) is 1.38. The summed E-state index contributed by atoms with van der Waals surface area (Å²) < 4.78 is 1.45. The van der Waals surface area contributed by atoms with E-state index < -0.39 is 5.97 Å². The zero-order chi connectivity index (χ0) is 13.5. The minimum absolute atomic E-state index is 0.0540. The maximum atomic E-state index is 11.2. The maximum absolute atomic E-state index is 11.2. The lowest BCUT2D eigenvalue weighted by atomic mass is 10.4. The van der Waals surface area contributed by atoms with Crippen molar-refractivity contribution in [2.24, 2.45) is 0 Å². The van der Waals surface area contributed by atoms with Crippen molar-refractivity contribution in [3.8, 4) is 0 Å². The number of aromatic nitrogens is 3. The molecule has 0 unspecified atom stereocenters. The molecule has 18 heavy (non-hydrogen) atoms. The molecule has 0 atom stereocenters. The van der Waals surface area contributed by atoms with E-state index in [1.807, 2.05) is 11.8 Å². The predicted octanol–water partition coefficient (Wildman–Crippen LogP) is -0.956. The summed E-state index contributed by atoms with van der Waals surface area (Å²) in [5.74, 6) is -1.15. The third-order valence-electron chi connectivity index (χ3n) is 2.50. The van der Waals surface area contributed by atoms with E-state index in [0.717, 1.165) is 6.54 Å². The van der Waals surface area contributed by atoms with Crippen molar-refractivity contribution in [1.29, 1.82) is 0 Å². The molecule has 0 aliphatic heterocycles. The molecular weight excluding hydrogens is 238 g/mol. The zero-order valence-electron chi connectivity index (χ0n) is 10.5. The van der Waals surface area contributed by atoms with E-state index in [2.05, 4.69) is 15.6 Å². The van der Waals surface area contributed by atoms with E-state index in [0.29, 0.717) is 19.6 Å². The zero-order valence-corrected chi connectivity index (χ0v) is 10.5. The van der Waals surface area contributed by atoms with Crippen molar-refractivity contribution in [1.82, 2.24) is 25.2 Å². The molecular formula is C10H17N5O3. The number of carboxylic acids is 1. The number of hydrogen-bond donors (Lipinski definition) is 2. The molecule has 100 valence electrons. The minimum Gasteiger partial charge on any atom is -0.476 e. The van der Waals surface area contributed by atoms with Gasteiger partial charge in [0, 0.05) is 13.6 Å². The lowest BCUT2D eigenvalue weighted by Gasteiger charge is -2.18. The number of nitrogens with one attached hydrogen (secondary N) is 1. The van der Waals surface area contributed by atoms with Crippen molar-refractivity contribution < 1.29 is 14.7 Å². The molecule has 0 aliphatic rings. The second-order valence-electron chi connectivity index (χ2n) is 3.71. The van der Waals surface area contributed by atoms with E-state index in [1.165, 1.54) is 10.9 Å². The van der Waals surface area contributed by atoms with E-state index >= 15 is 0 Å². The normalized spacial score (nSPS) is 10.6. The van der Waals surface area contributed by atoms with Gasteiger partial charge in [-0.05, 0) is 6.54 Å². The molecule has 0 spiro atoms. The van der Waals surface area contributed by atoms with Crippen LogP contribution in [0.2, 0.25) is 0 Å². The average molecular weight is 255 g/mol. The van der Waals surface area contributed by atoms with Crippen LogP contribution in [0.3, 0.4) is 0 Å². The molecule has 1 rings (SSSR count). The monoisotopic (exact) mass is 255 g/mol. The molecule has 0 fully saturated rings. The molecule has 0 radical (unpaired) electrons. The molecule has 1 heterocycles. The molecule has 1 aromatic heterocycles. The summed E-state index contributed by atoms with van der Waals surface area (Å²) in [6.45, 7) is 4.09. The third kappa shape index (κ3) is 4.13. The largest absolute Gasteiger partial charge is 0.476 e. The van der Waals surface area contributed by atoms with Gasteiger partial charge in [0.25, 0.3) is 0 Å². The highest BCUT2D eigenvalue weighted by Gasteiger charge is 2.10. The Kier molecular flexibility index (Phi) is 5.25. The Morgan fingerprint density at radius 3 is 2.78 bits per heavy atom. The highest BCUT2D eigenvalue weighted by atomic mass is 16.4. The van der Waals surface area contributed by atoms with Crippen LogP contribution in [0.1, 0.15) is 17.4 Å². The Morgan fingerprint density at radius 1 is 1.56 bits per heavy atom. The molecule has 8 heteroatoms. The topological polar surface area (TPSA) is 100 Å². The van der Waals surface area contributed by atoms with Crippen LogP contribution in [0.25, 0.3) is 0 Å². The molecule has 8 nitrogen and oxygen atoms in total. The minimum atomic E-state index is -1.10. The van der Waals surface area contributed by atoms with Crippen molar-refractivity contribution in [2.45, 2.75) is 13.5 Å². The summed E-state index contributed by atoms with van der Waals surface area (Å²) in [6, 6.07) is 0. The van der Waals surface area contributed by atoms with Gasteiger partial charge in [-0.1, -0.05) is 12.1 Å². The van der Waals surface area contributed by atoms with Gasteiger partial charge in [-0.15, -0.1) is 5.10 Å². The number of nitrogens with zero attached hydrogens (tertiary/aromatic N) is 4. The molecule has 1 aromatic rings. The van der Waals surface area contributed by atoms with Crippen LogP contribution in [0.4, 0.5) is 0 Å². The highest BCUT2D eigenvalue weighted by Crippen LogP contribution is 1.95. The molecule has 0 bridgehead atoms. The second-order valence-corrected chi connectivity index (χ2v) is 3.71. The molecule has 0 saturated heterocycles. The van der Waals surface area contributed by atoms with Crippen LogP contribution >= 0.6 is 0 Å². The number of hydrogen-bond acceptors (Lipinski definition) is 5. The van der Waals surface area contributed by atoms with Crippen LogP contribution in [-0.4, -0.2) is 63.6 Å². The number of aromatic carboxylic acids is 1. The Balaban J connectivity index is 2.46. The van der Waals surface area contributed by atoms with Gasteiger partial charge in [-0.3, -0.25) is 14.4 Å². The van der Waals surface area contributed by atoms with Crippen LogP contribution in [0.5, 0.6) is 0 Å². The molecule has 0 aliphatic carbocycles. The van der Waals surface area contributed by atoms with Crippen LogP contribution in [0.15, 0.2) is 6.20 Å². The fourth-order valence-corrected chi connectivity index (χ4v) is 1.38. The summed E-state index contributed by atoms with van der Waals surface area (Å²) in [4.78, 5) is 23.8. The van der Waals surface area contributed by atoms with Gasteiger partial charge in [0.1, 0.15) is 0 Å². The standard InChI is InChI=1S/C10H17N5O3/c1-3-14(7-9(16)11-2)4-5-15-6-8(10(17)18)12-13-15/h6H,3-5,7H2,1-2H3,(H,11,16)(H,17,18). The summed E-state index contributed by atoms with van der Waals surface area (Å²) in [5.41, 5.74) is -0.0793. The van der Waals surface area contributed by atoms with Crippen molar-refractivity contribution >= 4 is 11.9 Å². The first-order chi connectivity index (χ1) is 8.56. The van der Waals surface area contributed by atoms with Crippen LogP contribution in [0, 0.1) is 0 Å². The Morgan fingerprint density at radius 2 is 2.28 bits per heavy atom. The van der Waals surface area contributed by atoms with Gasteiger partial charge in [0.15, 0.2) is 5.69 Å². The predicted molar refractivity (Wildman–Crippen MR) is 63.2 cm³/mol.